The number of likely N-dealkylation sites (N-methyl/N-ethyl adjacent to an activating group) is 1. The van der Waals surface area contributed by atoms with E-state index in [2.05, 4.69) is 41.3 Å². The van der Waals surface area contributed by atoms with Crippen LogP contribution in [0.25, 0.3) is 0 Å². The molecular formula is C16H35IN4O2. The van der Waals surface area contributed by atoms with Gasteiger partial charge in [-0.25, -0.2) is 0 Å². The molecule has 0 radical (unpaired) electrons. The lowest BCUT2D eigenvalue weighted by atomic mass is 10.3. The molecule has 1 atom stereocenters. The minimum Gasteiger partial charge on any atom is -0.379 e. The summed E-state index contributed by atoms with van der Waals surface area (Å²) in [6.45, 7) is 14.6. The van der Waals surface area contributed by atoms with Gasteiger partial charge >= 0.3 is 0 Å². The predicted octanol–water partition coefficient (Wildman–Crippen LogP) is 1.70. The van der Waals surface area contributed by atoms with Gasteiger partial charge in [0.05, 0.1) is 12.7 Å². The zero-order valence-electron chi connectivity index (χ0n) is 15.0. The minimum atomic E-state index is 0. The van der Waals surface area contributed by atoms with Crippen molar-refractivity contribution in [3.63, 3.8) is 0 Å². The normalized spacial score (nSPS) is 18.1. The number of nitrogens with one attached hydrogen (secondary N) is 2. The van der Waals surface area contributed by atoms with E-state index in [4.69, 9.17) is 9.47 Å². The number of hydrogen-bond acceptors (Lipinski definition) is 4. The van der Waals surface area contributed by atoms with E-state index in [1.807, 2.05) is 0 Å². The van der Waals surface area contributed by atoms with Crippen molar-refractivity contribution >= 4 is 29.9 Å². The van der Waals surface area contributed by atoms with E-state index in [0.717, 1.165) is 77.9 Å². The zero-order chi connectivity index (χ0) is 16.0. The van der Waals surface area contributed by atoms with Gasteiger partial charge in [-0.3, -0.25) is 4.99 Å². The van der Waals surface area contributed by atoms with Crippen LogP contribution >= 0.6 is 24.0 Å². The molecule has 6 nitrogen and oxygen atoms in total. The maximum Gasteiger partial charge on any atom is 0.191 e. The highest BCUT2D eigenvalue weighted by Crippen LogP contribution is 2.07. The van der Waals surface area contributed by atoms with Crippen LogP contribution in [0.5, 0.6) is 0 Å². The highest BCUT2D eigenvalue weighted by atomic mass is 127. The number of rotatable bonds is 11. The van der Waals surface area contributed by atoms with Gasteiger partial charge in [-0.05, 0) is 32.9 Å². The third-order valence-corrected chi connectivity index (χ3v) is 3.77. The summed E-state index contributed by atoms with van der Waals surface area (Å²) in [6.07, 6.45) is 2.27. The Balaban J connectivity index is 0.00000484. The van der Waals surface area contributed by atoms with Crippen molar-refractivity contribution in [3.05, 3.63) is 0 Å². The van der Waals surface area contributed by atoms with Gasteiger partial charge in [-0.15, -0.1) is 24.0 Å². The molecule has 7 heteroatoms. The molecule has 0 aromatic rings. The second-order valence-corrected chi connectivity index (χ2v) is 5.42. The van der Waals surface area contributed by atoms with Gasteiger partial charge in [0.15, 0.2) is 5.96 Å². The molecule has 1 aliphatic rings. The molecule has 0 bridgehead atoms. The van der Waals surface area contributed by atoms with Gasteiger partial charge in [0.1, 0.15) is 0 Å². The summed E-state index contributed by atoms with van der Waals surface area (Å²) in [7, 11) is 0. The fraction of sp³-hybridized carbons (Fsp3) is 0.938. The van der Waals surface area contributed by atoms with Crippen LogP contribution in [0.15, 0.2) is 4.99 Å². The topological polar surface area (TPSA) is 58.1 Å². The molecule has 1 fully saturated rings. The second kappa shape index (κ2) is 15.4. The Morgan fingerprint density at radius 2 is 2.04 bits per heavy atom. The molecule has 23 heavy (non-hydrogen) atoms. The Bertz CT molecular complexity index is 296. The predicted molar refractivity (Wildman–Crippen MR) is 107 cm³/mol. The first-order valence-corrected chi connectivity index (χ1v) is 8.74. The van der Waals surface area contributed by atoms with Crippen molar-refractivity contribution in [2.45, 2.75) is 39.7 Å². The molecule has 2 N–H and O–H groups in total. The fourth-order valence-corrected chi connectivity index (χ4v) is 2.36. The van der Waals surface area contributed by atoms with E-state index in [1.54, 1.807) is 0 Å². The van der Waals surface area contributed by atoms with Crippen molar-refractivity contribution in [3.8, 4) is 0 Å². The van der Waals surface area contributed by atoms with Crippen LogP contribution in [0.1, 0.15) is 33.6 Å². The summed E-state index contributed by atoms with van der Waals surface area (Å²) in [5.41, 5.74) is 0. The van der Waals surface area contributed by atoms with E-state index in [-0.39, 0.29) is 24.0 Å². The fourth-order valence-electron chi connectivity index (χ4n) is 2.36. The molecule has 1 aliphatic heterocycles. The minimum absolute atomic E-state index is 0. The summed E-state index contributed by atoms with van der Waals surface area (Å²) >= 11 is 0. The Labute approximate surface area is 158 Å². The molecule has 0 aliphatic carbocycles. The monoisotopic (exact) mass is 442 g/mol. The number of aliphatic imine (C=N–C) groups is 1. The van der Waals surface area contributed by atoms with Crippen molar-refractivity contribution in [2.24, 2.45) is 4.99 Å². The van der Waals surface area contributed by atoms with Gasteiger partial charge in [0.25, 0.3) is 0 Å². The Kier molecular flexibility index (Phi) is 15.3. The molecular weight excluding hydrogens is 407 g/mol. The Hall–Kier alpha value is -0.120. The summed E-state index contributed by atoms with van der Waals surface area (Å²) in [6, 6.07) is 0. The molecule has 138 valence electrons. The van der Waals surface area contributed by atoms with Crippen molar-refractivity contribution < 1.29 is 9.47 Å². The Morgan fingerprint density at radius 3 is 2.65 bits per heavy atom. The SMILES string of the molecule is CCNC(=NCCCOC1CCOC1)NCCN(CC)CC.I. The number of hydrogen-bond donors (Lipinski definition) is 2. The summed E-state index contributed by atoms with van der Waals surface area (Å²) < 4.78 is 11.0. The molecule has 0 aromatic carbocycles. The van der Waals surface area contributed by atoms with Crippen molar-refractivity contribution in [2.75, 3.05) is 59.1 Å². The molecule has 1 saturated heterocycles. The summed E-state index contributed by atoms with van der Waals surface area (Å²) in [4.78, 5) is 6.99. The van der Waals surface area contributed by atoms with E-state index in [1.165, 1.54) is 0 Å². The maximum absolute atomic E-state index is 5.74. The molecule has 1 heterocycles. The van der Waals surface area contributed by atoms with Crippen LogP contribution in [0, 0.1) is 0 Å². The molecule has 0 aromatic heterocycles. The zero-order valence-corrected chi connectivity index (χ0v) is 17.3. The van der Waals surface area contributed by atoms with Gasteiger partial charge in [-0.2, -0.15) is 0 Å². The van der Waals surface area contributed by atoms with E-state index in [0.29, 0.717) is 6.10 Å². The van der Waals surface area contributed by atoms with Crippen molar-refractivity contribution in [1.29, 1.82) is 0 Å². The van der Waals surface area contributed by atoms with Crippen LogP contribution in [0.3, 0.4) is 0 Å². The highest BCUT2D eigenvalue weighted by molar-refractivity contribution is 14.0. The van der Waals surface area contributed by atoms with E-state index >= 15 is 0 Å². The first-order valence-electron chi connectivity index (χ1n) is 8.74. The first kappa shape index (κ1) is 22.9. The lowest BCUT2D eigenvalue weighted by molar-refractivity contribution is 0.0424. The Morgan fingerprint density at radius 1 is 1.26 bits per heavy atom. The molecule has 1 unspecified atom stereocenters. The third-order valence-electron chi connectivity index (χ3n) is 3.77. The van der Waals surface area contributed by atoms with Crippen LogP contribution in [0.4, 0.5) is 0 Å². The summed E-state index contributed by atoms with van der Waals surface area (Å²) in [5.74, 6) is 0.902. The van der Waals surface area contributed by atoms with E-state index in [9.17, 15) is 0 Å². The van der Waals surface area contributed by atoms with Crippen LogP contribution in [-0.4, -0.2) is 76.1 Å². The number of halogens is 1. The molecule has 1 rings (SSSR count). The quantitative estimate of drug-likeness (QED) is 0.221. The van der Waals surface area contributed by atoms with Gasteiger partial charge in [0.2, 0.25) is 0 Å². The first-order chi connectivity index (χ1) is 10.8. The van der Waals surface area contributed by atoms with Gasteiger partial charge < -0.3 is 25.0 Å². The van der Waals surface area contributed by atoms with E-state index < -0.39 is 0 Å². The lowest BCUT2D eigenvalue weighted by Gasteiger charge is -2.19. The second-order valence-electron chi connectivity index (χ2n) is 5.42. The van der Waals surface area contributed by atoms with Crippen LogP contribution in [0.2, 0.25) is 0 Å². The summed E-state index contributed by atoms with van der Waals surface area (Å²) in [5, 5.41) is 6.67. The number of ether oxygens (including phenoxy) is 2. The van der Waals surface area contributed by atoms with Gasteiger partial charge in [0, 0.05) is 39.4 Å². The average Bonchev–Trinajstić information content (AvgIpc) is 3.04. The molecule has 0 saturated carbocycles. The van der Waals surface area contributed by atoms with Crippen LogP contribution in [-0.2, 0) is 9.47 Å². The number of nitrogens with zero attached hydrogens (tertiary/aromatic N) is 2. The number of guanidine groups is 1. The largest absolute Gasteiger partial charge is 0.379 e. The smallest absolute Gasteiger partial charge is 0.191 e. The molecule has 0 amide bonds. The third kappa shape index (κ3) is 11.1. The highest BCUT2D eigenvalue weighted by Gasteiger charge is 2.15. The maximum atomic E-state index is 5.74. The van der Waals surface area contributed by atoms with Crippen LogP contribution < -0.4 is 10.6 Å². The molecule has 0 spiro atoms. The van der Waals surface area contributed by atoms with Gasteiger partial charge in [-0.1, -0.05) is 13.8 Å². The standard InChI is InChI=1S/C16H34N4O2.HI/c1-4-17-16(19-10-11-20(5-2)6-3)18-9-7-12-22-15-8-13-21-14-15;/h15H,4-14H2,1-3H3,(H2,17,18,19);1H. The lowest BCUT2D eigenvalue weighted by Crippen LogP contribution is -2.41. The average molecular weight is 442 g/mol. The van der Waals surface area contributed by atoms with Crippen molar-refractivity contribution in [1.82, 2.24) is 15.5 Å².